The number of amides is 3. The lowest BCUT2D eigenvalue weighted by Gasteiger charge is -2.22. The molecule has 0 saturated carbocycles. The predicted octanol–water partition coefficient (Wildman–Crippen LogP) is 4.30. The Balaban J connectivity index is 1.25. The van der Waals surface area contributed by atoms with Gasteiger partial charge in [-0.1, -0.05) is 24.3 Å². The molecule has 4 heterocycles. The van der Waals surface area contributed by atoms with Gasteiger partial charge < -0.3 is 38.9 Å². The van der Waals surface area contributed by atoms with E-state index >= 15 is 0 Å². The zero-order valence-electron chi connectivity index (χ0n) is 25.3. The first-order chi connectivity index (χ1) is 22.4. The average molecular weight is 644 g/mol. The van der Waals surface area contributed by atoms with E-state index in [2.05, 4.69) is 10.6 Å². The van der Waals surface area contributed by atoms with E-state index in [1.807, 2.05) is 36.4 Å². The van der Waals surface area contributed by atoms with Crippen molar-refractivity contribution >= 4 is 29.5 Å². The highest BCUT2D eigenvalue weighted by Gasteiger charge is 2.39. The third-order valence-corrected chi connectivity index (χ3v) is 8.68. The Hall–Kier alpha value is -5.10. The molecule has 0 radical (unpaired) electrons. The van der Waals surface area contributed by atoms with Crippen molar-refractivity contribution in [3.8, 4) is 23.0 Å². The molecule has 0 spiro atoms. The molecular formula is C34H33N3O8S. The number of nitrogens with one attached hydrogen (secondary N) is 2. The van der Waals surface area contributed by atoms with Crippen LogP contribution in [0.3, 0.4) is 0 Å². The average Bonchev–Trinajstić information content (AvgIpc) is 3.72. The fraction of sp³-hybridized carbons (Fsp3) is 0.265. The third kappa shape index (κ3) is 7.07. The number of likely N-dealkylation sites (tertiary alicyclic amines) is 1. The van der Waals surface area contributed by atoms with Crippen LogP contribution in [-0.2, 0) is 17.1 Å². The van der Waals surface area contributed by atoms with Gasteiger partial charge in [0.05, 0.1) is 32.6 Å². The summed E-state index contributed by atoms with van der Waals surface area (Å²) < 4.78 is 29.0. The molecule has 3 aliphatic heterocycles. The molecule has 1 fully saturated rings. The molecule has 1 saturated heterocycles. The Bertz CT molecular complexity index is 1730. The van der Waals surface area contributed by atoms with Crippen LogP contribution in [0.4, 0.5) is 0 Å². The van der Waals surface area contributed by atoms with Crippen LogP contribution in [0.2, 0.25) is 0 Å². The maximum Gasteiger partial charge on any atom is 0.289 e. The third-order valence-electron chi connectivity index (χ3n) is 7.65. The second-order valence-corrected chi connectivity index (χ2v) is 11.8. The van der Waals surface area contributed by atoms with Crippen molar-refractivity contribution in [2.75, 3.05) is 33.9 Å². The van der Waals surface area contributed by atoms with Crippen molar-refractivity contribution in [3.05, 3.63) is 102 Å². The lowest BCUT2D eigenvalue weighted by molar-refractivity contribution is -0.123. The van der Waals surface area contributed by atoms with E-state index in [1.165, 1.54) is 20.3 Å². The molecule has 0 aliphatic carbocycles. The number of nitrogens with zero attached hydrogens (tertiary/aromatic N) is 1. The van der Waals surface area contributed by atoms with Gasteiger partial charge in [-0.2, -0.15) is 0 Å². The SMILES string of the molecule is COc1ccc2cc1OCC(=O)NCc1ccc(c(OC)c1)O[C@H]1CN(C(=O)c3ccc(CSc4ccccc4)o3)C[C@@H]1NC2=O. The van der Waals surface area contributed by atoms with Crippen LogP contribution in [-0.4, -0.2) is 68.7 Å². The van der Waals surface area contributed by atoms with Gasteiger partial charge in [0.15, 0.2) is 35.4 Å². The maximum atomic E-state index is 13.6. The van der Waals surface area contributed by atoms with Crippen molar-refractivity contribution in [3.63, 3.8) is 0 Å². The van der Waals surface area contributed by atoms with Crippen LogP contribution in [0.1, 0.15) is 32.2 Å². The number of benzene rings is 3. The van der Waals surface area contributed by atoms with Crippen molar-refractivity contribution in [1.82, 2.24) is 15.5 Å². The highest BCUT2D eigenvalue weighted by atomic mass is 32.2. The molecule has 4 bridgehead atoms. The minimum Gasteiger partial charge on any atom is -0.493 e. The first kappa shape index (κ1) is 30.9. The van der Waals surface area contributed by atoms with E-state index in [0.717, 1.165) is 10.5 Å². The molecule has 238 valence electrons. The van der Waals surface area contributed by atoms with Crippen LogP contribution >= 0.6 is 11.8 Å². The number of thioether (sulfide) groups is 1. The van der Waals surface area contributed by atoms with Crippen molar-refractivity contribution in [1.29, 1.82) is 0 Å². The fourth-order valence-corrected chi connectivity index (χ4v) is 6.07. The summed E-state index contributed by atoms with van der Waals surface area (Å²) in [5.41, 5.74) is 1.07. The Morgan fingerprint density at radius 2 is 1.76 bits per heavy atom. The number of carbonyl (C=O) groups excluding carboxylic acids is 3. The number of hydrogen-bond acceptors (Lipinski definition) is 9. The number of rotatable bonds is 6. The largest absolute Gasteiger partial charge is 0.493 e. The van der Waals surface area contributed by atoms with Gasteiger partial charge in [-0.25, -0.2) is 0 Å². The molecule has 7 rings (SSSR count). The zero-order valence-corrected chi connectivity index (χ0v) is 26.1. The summed E-state index contributed by atoms with van der Waals surface area (Å²) >= 11 is 1.62. The number of hydrogen-bond donors (Lipinski definition) is 2. The molecule has 12 heteroatoms. The summed E-state index contributed by atoms with van der Waals surface area (Å²) in [7, 11) is 3.00. The highest BCUT2D eigenvalue weighted by Crippen LogP contribution is 2.32. The van der Waals surface area contributed by atoms with Gasteiger partial charge in [0, 0.05) is 23.5 Å². The van der Waals surface area contributed by atoms with Crippen molar-refractivity contribution in [2.45, 2.75) is 29.3 Å². The Labute approximate surface area is 270 Å². The van der Waals surface area contributed by atoms with Gasteiger partial charge in [-0.3, -0.25) is 14.4 Å². The van der Waals surface area contributed by atoms with Crippen LogP contribution in [0, 0.1) is 0 Å². The molecule has 11 nitrogen and oxygen atoms in total. The van der Waals surface area contributed by atoms with Crippen LogP contribution in [0.15, 0.2) is 88.2 Å². The summed E-state index contributed by atoms with van der Waals surface area (Å²) in [5.74, 6) is 1.92. The Kier molecular flexibility index (Phi) is 9.34. The maximum absolute atomic E-state index is 13.6. The topological polar surface area (TPSA) is 129 Å². The number of furan rings is 1. The van der Waals surface area contributed by atoms with E-state index in [4.69, 9.17) is 23.4 Å². The standard InChI is InChI=1S/C34H33N3O8S/c1-41-26-12-9-22-15-30(26)43-19-32(38)35-16-21-8-11-27(29(14-21)42-2)45-31-18-37(17-25(31)36-33(22)39)34(40)28-13-10-23(44-28)20-46-24-6-4-3-5-7-24/h3-15,25,31H,16-20H2,1-2H3,(H,35,38)(H,36,39)/t25-,31-/m0/s1. The molecular weight excluding hydrogens is 610 g/mol. The normalized spacial score (nSPS) is 18.0. The predicted molar refractivity (Wildman–Crippen MR) is 170 cm³/mol. The molecule has 4 aromatic rings. The molecule has 3 amide bonds. The quantitative estimate of drug-likeness (QED) is 0.296. The number of carbonyl (C=O) groups is 3. The minimum absolute atomic E-state index is 0.183. The monoisotopic (exact) mass is 643 g/mol. The number of ether oxygens (including phenoxy) is 4. The van der Waals surface area contributed by atoms with E-state index < -0.39 is 18.1 Å². The van der Waals surface area contributed by atoms with Gasteiger partial charge in [0.1, 0.15) is 11.9 Å². The summed E-state index contributed by atoms with van der Waals surface area (Å²) in [6.07, 6.45) is -0.611. The minimum atomic E-state index is -0.611. The molecule has 0 unspecified atom stereocenters. The molecule has 3 aliphatic rings. The second-order valence-electron chi connectivity index (χ2n) is 10.7. The fourth-order valence-electron chi connectivity index (χ4n) is 5.26. The first-order valence-corrected chi connectivity index (χ1v) is 15.7. The first-order valence-electron chi connectivity index (χ1n) is 14.7. The van der Waals surface area contributed by atoms with E-state index in [1.54, 1.807) is 53.1 Å². The molecule has 2 N–H and O–H groups in total. The summed E-state index contributed by atoms with van der Waals surface area (Å²) in [6, 6.07) is 22.9. The summed E-state index contributed by atoms with van der Waals surface area (Å²) in [5, 5.41) is 5.84. The molecule has 2 atom stereocenters. The Morgan fingerprint density at radius 1 is 0.935 bits per heavy atom. The van der Waals surface area contributed by atoms with Crippen molar-refractivity contribution < 1.29 is 37.7 Å². The smallest absolute Gasteiger partial charge is 0.289 e. The highest BCUT2D eigenvalue weighted by molar-refractivity contribution is 7.98. The van der Waals surface area contributed by atoms with Crippen molar-refractivity contribution in [2.24, 2.45) is 0 Å². The zero-order chi connectivity index (χ0) is 32.0. The lowest BCUT2D eigenvalue weighted by Crippen LogP contribution is -2.45. The van der Waals surface area contributed by atoms with Gasteiger partial charge >= 0.3 is 0 Å². The van der Waals surface area contributed by atoms with Crippen LogP contribution in [0.5, 0.6) is 23.0 Å². The second kappa shape index (κ2) is 13.9. The van der Waals surface area contributed by atoms with Gasteiger partial charge in [0.25, 0.3) is 17.7 Å². The van der Waals surface area contributed by atoms with E-state index in [9.17, 15) is 14.4 Å². The van der Waals surface area contributed by atoms with Crippen LogP contribution in [0.25, 0.3) is 0 Å². The van der Waals surface area contributed by atoms with Crippen LogP contribution < -0.4 is 29.6 Å². The number of fused-ring (bicyclic) bond motifs is 7. The van der Waals surface area contributed by atoms with E-state index in [-0.39, 0.29) is 55.1 Å². The molecule has 46 heavy (non-hydrogen) atoms. The number of methoxy groups -OCH3 is 2. The molecule has 3 aromatic carbocycles. The van der Waals surface area contributed by atoms with E-state index in [0.29, 0.717) is 28.8 Å². The summed E-state index contributed by atoms with van der Waals surface area (Å²) in [6.45, 7) is 0.333. The Morgan fingerprint density at radius 3 is 2.57 bits per heavy atom. The van der Waals surface area contributed by atoms with Gasteiger partial charge in [0.2, 0.25) is 0 Å². The lowest BCUT2D eigenvalue weighted by atomic mass is 10.1. The van der Waals surface area contributed by atoms with Gasteiger partial charge in [-0.15, -0.1) is 11.8 Å². The van der Waals surface area contributed by atoms with Gasteiger partial charge in [-0.05, 0) is 60.2 Å². The summed E-state index contributed by atoms with van der Waals surface area (Å²) in [4.78, 5) is 42.4. The molecule has 1 aromatic heterocycles.